The summed E-state index contributed by atoms with van der Waals surface area (Å²) in [6.45, 7) is 4.15. The molecule has 0 saturated carbocycles. The summed E-state index contributed by atoms with van der Waals surface area (Å²) in [7, 11) is 0. The summed E-state index contributed by atoms with van der Waals surface area (Å²) in [5.74, 6) is -0.765. The summed E-state index contributed by atoms with van der Waals surface area (Å²) in [5.41, 5.74) is 0.443. The highest BCUT2D eigenvalue weighted by atomic mass is 32.1. The van der Waals surface area contributed by atoms with Crippen molar-refractivity contribution in [2.75, 3.05) is 13.2 Å². The lowest BCUT2D eigenvalue weighted by molar-refractivity contribution is 0.0519. The molecule has 0 radical (unpaired) electrons. The van der Waals surface area contributed by atoms with Gasteiger partial charge in [0.15, 0.2) is 0 Å². The number of carbonyl (C=O) groups is 2. The van der Waals surface area contributed by atoms with Gasteiger partial charge in [-0.2, -0.15) is 0 Å². The second-order valence-corrected chi connectivity index (χ2v) is 4.55. The molecule has 6 heteroatoms. The Labute approximate surface area is 108 Å². The number of rotatable bonds is 4. The minimum absolute atomic E-state index is 0.320. The monoisotopic (exact) mass is 267 g/mol. The maximum Gasteiger partial charge on any atom is 0.348 e. The molecule has 18 heavy (non-hydrogen) atoms. The molecule has 0 amide bonds. The molecule has 0 saturated heterocycles. The lowest BCUT2D eigenvalue weighted by Crippen LogP contribution is -2.04. The third kappa shape index (κ3) is 2.24. The van der Waals surface area contributed by atoms with E-state index in [0.717, 1.165) is 4.83 Å². The SMILES string of the molecule is CCOC(=O)c1cc2c(C(=O)OCC)c[nH]c2s1. The summed E-state index contributed by atoms with van der Waals surface area (Å²) in [4.78, 5) is 27.4. The molecule has 0 aliphatic rings. The molecule has 2 rings (SSSR count). The molecular formula is C12H13NO4S. The predicted octanol–water partition coefficient (Wildman–Crippen LogP) is 2.58. The van der Waals surface area contributed by atoms with Crippen LogP contribution in [-0.4, -0.2) is 30.1 Å². The van der Waals surface area contributed by atoms with E-state index in [1.54, 1.807) is 26.1 Å². The lowest BCUT2D eigenvalue weighted by atomic mass is 10.2. The Bertz CT molecular complexity index is 584. The average molecular weight is 267 g/mol. The first-order valence-electron chi connectivity index (χ1n) is 5.62. The molecule has 0 unspecified atom stereocenters. The van der Waals surface area contributed by atoms with Gasteiger partial charge in [-0.25, -0.2) is 9.59 Å². The van der Waals surface area contributed by atoms with Gasteiger partial charge in [0.2, 0.25) is 0 Å². The minimum atomic E-state index is -0.392. The Morgan fingerprint density at radius 1 is 1.22 bits per heavy atom. The molecule has 0 fully saturated rings. The first-order chi connectivity index (χ1) is 8.67. The summed E-state index contributed by atoms with van der Waals surface area (Å²) in [6, 6.07) is 1.65. The van der Waals surface area contributed by atoms with E-state index in [4.69, 9.17) is 9.47 Å². The van der Waals surface area contributed by atoms with Crippen LogP contribution in [0.4, 0.5) is 0 Å². The number of H-pyrrole nitrogens is 1. The number of ether oxygens (including phenoxy) is 2. The molecule has 96 valence electrons. The zero-order chi connectivity index (χ0) is 13.1. The number of nitrogens with one attached hydrogen (secondary N) is 1. The Hall–Kier alpha value is -1.82. The van der Waals surface area contributed by atoms with Crippen molar-refractivity contribution in [1.29, 1.82) is 0 Å². The van der Waals surface area contributed by atoms with Crippen LogP contribution >= 0.6 is 11.3 Å². The van der Waals surface area contributed by atoms with E-state index in [2.05, 4.69) is 4.98 Å². The van der Waals surface area contributed by atoms with Gasteiger partial charge in [-0.1, -0.05) is 0 Å². The van der Waals surface area contributed by atoms with E-state index < -0.39 is 5.97 Å². The van der Waals surface area contributed by atoms with Gasteiger partial charge in [-0.05, 0) is 19.9 Å². The molecule has 0 aromatic carbocycles. The Balaban J connectivity index is 2.35. The highest BCUT2D eigenvalue weighted by molar-refractivity contribution is 7.20. The molecule has 2 aromatic rings. The molecule has 2 aromatic heterocycles. The molecule has 0 aliphatic heterocycles. The number of aromatic amines is 1. The zero-order valence-electron chi connectivity index (χ0n) is 10.1. The molecule has 5 nitrogen and oxygen atoms in total. The van der Waals surface area contributed by atoms with E-state index >= 15 is 0 Å². The summed E-state index contributed by atoms with van der Waals surface area (Å²) in [6.07, 6.45) is 1.59. The van der Waals surface area contributed by atoms with Gasteiger partial charge in [-0.3, -0.25) is 0 Å². The van der Waals surface area contributed by atoms with E-state index in [0.29, 0.717) is 29.0 Å². The zero-order valence-corrected chi connectivity index (χ0v) is 10.9. The smallest absolute Gasteiger partial charge is 0.348 e. The van der Waals surface area contributed by atoms with Gasteiger partial charge < -0.3 is 14.5 Å². The van der Waals surface area contributed by atoms with Crippen molar-refractivity contribution in [2.45, 2.75) is 13.8 Å². The van der Waals surface area contributed by atoms with E-state index in [1.807, 2.05) is 0 Å². The van der Waals surface area contributed by atoms with E-state index in [-0.39, 0.29) is 5.97 Å². The van der Waals surface area contributed by atoms with Crippen molar-refractivity contribution in [3.8, 4) is 0 Å². The Morgan fingerprint density at radius 2 is 1.89 bits per heavy atom. The van der Waals surface area contributed by atoms with Crippen LogP contribution in [0.1, 0.15) is 33.9 Å². The number of fused-ring (bicyclic) bond motifs is 1. The molecule has 0 atom stereocenters. The van der Waals surface area contributed by atoms with Crippen LogP contribution in [0.3, 0.4) is 0 Å². The number of hydrogen-bond donors (Lipinski definition) is 1. The molecular weight excluding hydrogens is 254 g/mol. The van der Waals surface area contributed by atoms with Gasteiger partial charge in [-0.15, -0.1) is 11.3 Å². The Kier molecular flexibility index (Phi) is 3.66. The van der Waals surface area contributed by atoms with Crippen LogP contribution in [0.15, 0.2) is 12.3 Å². The molecule has 0 spiro atoms. The van der Waals surface area contributed by atoms with Crippen molar-refractivity contribution >= 4 is 33.5 Å². The molecule has 0 bridgehead atoms. The van der Waals surface area contributed by atoms with Gasteiger partial charge in [0, 0.05) is 11.6 Å². The number of thiophene rings is 1. The maximum atomic E-state index is 11.7. The van der Waals surface area contributed by atoms with Crippen molar-refractivity contribution in [1.82, 2.24) is 4.98 Å². The number of hydrogen-bond acceptors (Lipinski definition) is 5. The highest BCUT2D eigenvalue weighted by Crippen LogP contribution is 2.28. The van der Waals surface area contributed by atoms with E-state index in [9.17, 15) is 9.59 Å². The van der Waals surface area contributed by atoms with Crippen molar-refractivity contribution < 1.29 is 19.1 Å². The lowest BCUT2D eigenvalue weighted by Gasteiger charge is -1.98. The van der Waals surface area contributed by atoms with Crippen LogP contribution in [0.5, 0.6) is 0 Å². The third-order valence-corrected chi connectivity index (χ3v) is 3.39. The highest BCUT2D eigenvalue weighted by Gasteiger charge is 2.18. The Morgan fingerprint density at radius 3 is 2.56 bits per heavy atom. The van der Waals surface area contributed by atoms with Crippen LogP contribution in [0, 0.1) is 0 Å². The van der Waals surface area contributed by atoms with Gasteiger partial charge >= 0.3 is 11.9 Å². The van der Waals surface area contributed by atoms with Crippen molar-refractivity contribution in [3.05, 3.63) is 22.7 Å². The second-order valence-electron chi connectivity index (χ2n) is 3.50. The number of esters is 2. The fourth-order valence-corrected chi connectivity index (χ4v) is 2.53. The summed E-state index contributed by atoms with van der Waals surface area (Å²) in [5, 5.41) is 0.696. The largest absolute Gasteiger partial charge is 0.462 e. The predicted molar refractivity (Wildman–Crippen MR) is 68.1 cm³/mol. The fraction of sp³-hybridized carbons (Fsp3) is 0.333. The van der Waals surface area contributed by atoms with Crippen LogP contribution in [0.25, 0.3) is 10.2 Å². The standard InChI is InChI=1S/C12H13NO4S/c1-3-16-11(14)8-6-13-10-7(8)5-9(18-10)12(15)17-4-2/h5-6,13H,3-4H2,1-2H3. The van der Waals surface area contributed by atoms with Gasteiger partial charge in [0.25, 0.3) is 0 Å². The van der Waals surface area contributed by atoms with Gasteiger partial charge in [0.1, 0.15) is 9.71 Å². The molecule has 2 heterocycles. The maximum absolute atomic E-state index is 11.7. The minimum Gasteiger partial charge on any atom is -0.462 e. The summed E-state index contributed by atoms with van der Waals surface area (Å²) < 4.78 is 9.86. The first kappa shape index (κ1) is 12.6. The first-order valence-corrected chi connectivity index (χ1v) is 6.44. The van der Waals surface area contributed by atoms with Crippen molar-refractivity contribution in [3.63, 3.8) is 0 Å². The molecule has 1 N–H and O–H groups in total. The second kappa shape index (κ2) is 5.22. The fourth-order valence-electron chi connectivity index (χ4n) is 1.59. The topological polar surface area (TPSA) is 68.4 Å². The third-order valence-electron chi connectivity index (χ3n) is 2.34. The summed E-state index contributed by atoms with van der Waals surface area (Å²) >= 11 is 1.26. The van der Waals surface area contributed by atoms with Crippen molar-refractivity contribution in [2.24, 2.45) is 0 Å². The quantitative estimate of drug-likeness (QED) is 0.864. The number of aromatic nitrogens is 1. The average Bonchev–Trinajstić information content (AvgIpc) is 2.88. The normalized spacial score (nSPS) is 10.6. The van der Waals surface area contributed by atoms with Crippen LogP contribution in [-0.2, 0) is 9.47 Å². The van der Waals surface area contributed by atoms with E-state index in [1.165, 1.54) is 11.3 Å². The number of carbonyl (C=O) groups excluding carboxylic acids is 2. The van der Waals surface area contributed by atoms with Gasteiger partial charge in [0.05, 0.1) is 18.8 Å². The van der Waals surface area contributed by atoms with Crippen LogP contribution in [0.2, 0.25) is 0 Å². The molecule has 0 aliphatic carbocycles. The van der Waals surface area contributed by atoms with Crippen LogP contribution < -0.4 is 0 Å².